The monoisotopic (exact) mass is 402 g/mol. The molecule has 0 bridgehead atoms. The number of phenols is 1. The van der Waals surface area contributed by atoms with Crippen molar-refractivity contribution in [3.63, 3.8) is 0 Å². The second-order valence-corrected chi connectivity index (χ2v) is 7.08. The topological polar surface area (TPSA) is 118 Å². The largest absolute Gasteiger partial charge is 0.508 e. The zero-order chi connectivity index (χ0) is 21.3. The second kappa shape index (κ2) is 7.82. The first-order valence-electron chi connectivity index (χ1n) is 9.69. The van der Waals surface area contributed by atoms with Crippen LogP contribution in [-0.4, -0.2) is 37.9 Å². The van der Waals surface area contributed by atoms with E-state index >= 15 is 0 Å². The molecule has 2 aromatic carbocycles. The van der Waals surface area contributed by atoms with Crippen molar-refractivity contribution in [1.82, 2.24) is 20.0 Å². The number of para-hydroxylation sites is 2. The molecule has 30 heavy (non-hydrogen) atoms. The molecule has 0 aliphatic heterocycles. The van der Waals surface area contributed by atoms with Gasteiger partial charge in [0.05, 0.1) is 17.2 Å². The molecule has 0 spiro atoms. The van der Waals surface area contributed by atoms with E-state index in [-0.39, 0.29) is 29.1 Å². The van der Waals surface area contributed by atoms with Gasteiger partial charge in [0, 0.05) is 6.04 Å². The quantitative estimate of drug-likeness (QED) is 0.443. The lowest BCUT2D eigenvalue weighted by Gasteiger charge is -2.11. The number of amides is 1. The average Bonchev–Trinajstić information content (AvgIpc) is 3.00. The van der Waals surface area contributed by atoms with Crippen LogP contribution in [0.4, 0.5) is 5.82 Å². The van der Waals surface area contributed by atoms with Crippen LogP contribution in [0.2, 0.25) is 0 Å². The summed E-state index contributed by atoms with van der Waals surface area (Å²) < 4.78 is 1.41. The van der Waals surface area contributed by atoms with Crippen LogP contribution in [0.5, 0.6) is 5.75 Å². The van der Waals surface area contributed by atoms with Crippen molar-refractivity contribution in [2.45, 2.75) is 26.3 Å². The number of carbonyl (C=O) groups excluding carboxylic acids is 1. The molecule has 0 saturated heterocycles. The number of phenolic OH excluding ortho intramolecular Hbond substituents is 1. The van der Waals surface area contributed by atoms with E-state index in [0.717, 1.165) is 6.42 Å². The van der Waals surface area contributed by atoms with Crippen LogP contribution in [0.25, 0.3) is 22.2 Å². The second-order valence-electron chi connectivity index (χ2n) is 7.08. The van der Waals surface area contributed by atoms with Crippen molar-refractivity contribution in [3.05, 3.63) is 59.7 Å². The van der Waals surface area contributed by atoms with Crippen molar-refractivity contribution in [2.24, 2.45) is 5.10 Å². The number of nitrogen functional groups attached to an aromatic ring is 1. The summed E-state index contributed by atoms with van der Waals surface area (Å²) in [5.41, 5.74) is 9.38. The Morgan fingerprint density at radius 2 is 1.97 bits per heavy atom. The molecule has 1 amide bonds. The molecule has 4 rings (SSSR count). The Kier molecular flexibility index (Phi) is 5.05. The van der Waals surface area contributed by atoms with E-state index in [4.69, 9.17) is 5.73 Å². The number of anilines is 1. The number of nitrogens with two attached hydrogens (primary N) is 1. The number of carbonyl (C=O) groups is 1. The first kappa shape index (κ1) is 19.4. The Hall–Kier alpha value is -3.94. The summed E-state index contributed by atoms with van der Waals surface area (Å²) in [5, 5.41) is 17.0. The van der Waals surface area contributed by atoms with Crippen molar-refractivity contribution in [2.75, 3.05) is 5.73 Å². The van der Waals surface area contributed by atoms with Crippen molar-refractivity contribution < 1.29 is 9.90 Å². The van der Waals surface area contributed by atoms with Crippen LogP contribution in [0.1, 0.15) is 36.2 Å². The van der Waals surface area contributed by atoms with Crippen LogP contribution >= 0.6 is 0 Å². The van der Waals surface area contributed by atoms with Crippen LogP contribution < -0.4 is 11.1 Å². The molecule has 4 N–H and O–H groups in total. The Labute approximate surface area is 173 Å². The zero-order valence-corrected chi connectivity index (χ0v) is 16.7. The molecular weight excluding hydrogens is 380 g/mol. The maximum Gasteiger partial charge on any atom is 0.257 e. The standard InChI is InChI=1S/C22H22N6O2/c1-3-13(2)25-22(30)18-19-21(27-17-10-5-4-9-16(17)26-19)28(20(18)23)24-12-14-7-6-8-15(29)11-14/h4-13,29H,3,23H2,1-2H3,(H,25,30)/b24-12-/t13-/m0/s1. The predicted molar refractivity (Wildman–Crippen MR) is 118 cm³/mol. The Morgan fingerprint density at radius 1 is 1.23 bits per heavy atom. The third kappa shape index (κ3) is 3.55. The van der Waals surface area contributed by atoms with Gasteiger partial charge in [-0.3, -0.25) is 4.79 Å². The molecule has 4 aromatic rings. The van der Waals surface area contributed by atoms with E-state index in [9.17, 15) is 9.90 Å². The highest BCUT2D eigenvalue weighted by molar-refractivity contribution is 6.10. The number of nitrogens with one attached hydrogen (secondary N) is 1. The highest BCUT2D eigenvalue weighted by Gasteiger charge is 2.24. The highest BCUT2D eigenvalue weighted by Crippen LogP contribution is 2.28. The molecule has 8 heteroatoms. The van der Waals surface area contributed by atoms with Gasteiger partial charge in [-0.05, 0) is 43.2 Å². The van der Waals surface area contributed by atoms with Gasteiger partial charge >= 0.3 is 0 Å². The van der Waals surface area contributed by atoms with Crippen molar-refractivity contribution in [1.29, 1.82) is 0 Å². The fourth-order valence-electron chi connectivity index (χ4n) is 3.12. The maximum atomic E-state index is 13.0. The Morgan fingerprint density at radius 3 is 2.67 bits per heavy atom. The molecule has 0 aliphatic rings. The summed E-state index contributed by atoms with van der Waals surface area (Å²) in [4.78, 5) is 22.3. The molecule has 8 nitrogen and oxygen atoms in total. The van der Waals surface area contributed by atoms with Gasteiger partial charge in [-0.15, -0.1) is 0 Å². The van der Waals surface area contributed by atoms with E-state index in [0.29, 0.717) is 27.8 Å². The molecule has 0 fully saturated rings. The predicted octanol–water partition coefficient (Wildman–Crippen LogP) is 3.28. The van der Waals surface area contributed by atoms with Gasteiger partial charge in [-0.1, -0.05) is 31.2 Å². The van der Waals surface area contributed by atoms with Gasteiger partial charge in [0.2, 0.25) is 0 Å². The maximum absolute atomic E-state index is 13.0. The summed E-state index contributed by atoms with van der Waals surface area (Å²) in [6.45, 7) is 3.92. The normalized spacial score (nSPS) is 12.6. The lowest BCUT2D eigenvalue weighted by molar-refractivity contribution is 0.0941. The summed E-state index contributed by atoms with van der Waals surface area (Å²) in [5.74, 6) is -0.0380. The van der Waals surface area contributed by atoms with Crippen LogP contribution in [0.3, 0.4) is 0 Å². The number of hydrogen-bond donors (Lipinski definition) is 3. The third-order valence-electron chi connectivity index (χ3n) is 4.88. The van der Waals surface area contributed by atoms with Gasteiger partial charge in [0.25, 0.3) is 5.91 Å². The summed E-state index contributed by atoms with van der Waals surface area (Å²) >= 11 is 0. The molecule has 1 atom stereocenters. The minimum absolute atomic E-state index is 0.0143. The minimum atomic E-state index is -0.317. The minimum Gasteiger partial charge on any atom is -0.508 e. The molecule has 152 valence electrons. The van der Waals surface area contributed by atoms with E-state index < -0.39 is 0 Å². The van der Waals surface area contributed by atoms with Crippen molar-refractivity contribution >= 4 is 40.1 Å². The Bertz CT molecular complexity index is 1280. The summed E-state index contributed by atoms with van der Waals surface area (Å²) in [6, 6.07) is 14.0. The van der Waals surface area contributed by atoms with Crippen LogP contribution in [0.15, 0.2) is 53.6 Å². The average molecular weight is 402 g/mol. The SMILES string of the molecule is CC[C@H](C)NC(=O)c1c(N)n(/N=C\c2cccc(O)c2)c2nc3ccccc3nc12. The zero-order valence-electron chi connectivity index (χ0n) is 16.7. The molecular formula is C22H22N6O2. The lowest BCUT2D eigenvalue weighted by atomic mass is 10.2. The highest BCUT2D eigenvalue weighted by atomic mass is 16.3. The van der Waals surface area contributed by atoms with Gasteiger partial charge in [0.1, 0.15) is 22.6 Å². The van der Waals surface area contributed by atoms with Gasteiger partial charge < -0.3 is 16.2 Å². The number of benzene rings is 2. The first-order valence-corrected chi connectivity index (χ1v) is 9.69. The lowest BCUT2D eigenvalue weighted by Crippen LogP contribution is -2.32. The van der Waals surface area contributed by atoms with E-state index in [1.54, 1.807) is 30.5 Å². The molecule has 0 aliphatic carbocycles. The van der Waals surface area contributed by atoms with E-state index in [1.807, 2.05) is 38.1 Å². The fourth-order valence-corrected chi connectivity index (χ4v) is 3.12. The van der Waals surface area contributed by atoms with Gasteiger partial charge in [0.15, 0.2) is 5.65 Å². The van der Waals surface area contributed by atoms with Gasteiger partial charge in [-0.2, -0.15) is 9.78 Å². The smallest absolute Gasteiger partial charge is 0.257 e. The van der Waals surface area contributed by atoms with Crippen LogP contribution in [-0.2, 0) is 0 Å². The molecule has 0 saturated carbocycles. The molecule has 0 unspecified atom stereocenters. The summed E-state index contributed by atoms with van der Waals surface area (Å²) in [6.07, 6.45) is 2.33. The van der Waals surface area contributed by atoms with Crippen molar-refractivity contribution in [3.8, 4) is 5.75 Å². The van der Waals surface area contributed by atoms with E-state index in [2.05, 4.69) is 20.4 Å². The fraction of sp³-hybridized carbons (Fsp3) is 0.182. The Balaban J connectivity index is 1.91. The first-order chi connectivity index (χ1) is 14.5. The number of fused-ring (bicyclic) bond motifs is 2. The molecule has 2 heterocycles. The number of aromatic hydroxyl groups is 1. The molecule has 2 aromatic heterocycles. The number of nitrogens with zero attached hydrogens (tertiary/aromatic N) is 4. The summed E-state index contributed by atoms with van der Waals surface area (Å²) in [7, 11) is 0. The molecule has 0 radical (unpaired) electrons. The third-order valence-corrected chi connectivity index (χ3v) is 4.88. The number of rotatable bonds is 5. The number of aromatic nitrogens is 3. The van der Waals surface area contributed by atoms with E-state index in [1.165, 1.54) is 4.68 Å². The van der Waals surface area contributed by atoms with Crippen LogP contribution in [0, 0.1) is 0 Å². The van der Waals surface area contributed by atoms with Gasteiger partial charge in [-0.25, -0.2) is 9.97 Å². The number of hydrogen-bond acceptors (Lipinski definition) is 6.